The maximum atomic E-state index is 4.21. The van der Waals surface area contributed by atoms with Crippen LogP contribution in [0.1, 0.15) is 18.9 Å². The number of hydrogen-bond acceptors (Lipinski definition) is 2. The summed E-state index contributed by atoms with van der Waals surface area (Å²) in [5.74, 6) is 1.69. The van der Waals surface area contributed by atoms with Crippen molar-refractivity contribution in [3.05, 3.63) is 18.0 Å². The number of nitrogens with one attached hydrogen (secondary N) is 2. The first-order valence-corrected chi connectivity index (χ1v) is 6.13. The molecule has 5 nitrogen and oxygen atoms in total. The second kappa shape index (κ2) is 6.96. The Morgan fingerprint density at radius 1 is 1.61 bits per heavy atom. The Bertz CT molecular complexity index is 401. The van der Waals surface area contributed by atoms with E-state index in [1.807, 2.05) is 31.2 Å². The largest absolute Gasteiger partial charge is 0.356 e. The van der Waals surface area contributed by atoms with Crippen molar-refractivity contribution in [3.63, 3.8) is 0 Å². The molecule has 1 fully saturated rings. The molecule has 102 valence electrons. The van der Waals surface area contributed by atoms with Gasteiger partial charge in [-0.15, -0.1) is 24.0 Å². The maximum Gasteiger partial charge on any atom is 0.191 e. The molecule has 0 aliphatic heterocycles. The molecule has 1 aliphatic carbocycles. The zero-order valence-electron chi connectivity index (χ0n) is 11.2. The molecule has 2 unspecified atom stereocenters. The van der Waals surface area contributed by atoms with E-state index in [4.69, 9.17) is 0 Å². The van der Waals surface area contributed by atoms with Gasteiger partial charge in [0.1, 0.15) is 0 Å². The van der Waals surface area contributed by atoms with Gasteiger partial charge >= 0.3 is 0 Å². The molecular weight excluding hydrogens is 341 g/mol. The summed E-state index contributed by atoms with van der Waals surface area (Å²) < 4.78 is 1.83. The first-order chi connectivity index (χ1) is 8.19. The van der Waals surface area contributed by atoms with Crippen LogP contribution in [0.25, 0.3) is 0 Å². The number of halogens is 1. The van der Waals surface area contributed by atoms with Crippen LogP contribution in [-0.2, 0) is 13.5 Å². The van der Waals surface area contributed by atoms with Gasteiger partial charge in [-0.25, -0.2) is 0 Å². The molecule has 2 atom stereocenters. The van der Waals surface area contributed by atoms with Crippen LogP contribution in [0.5, 0.6) is 0 Å². The third kappa shape index (κ3) is 4.47. The highest BCUT2D eigenvalue weighted by atomic mass is 127. The number of nitrogens with zero attached hydrogens (tertiary/aromatic N) is 3. The van der Waals surface area contributed by atoms with Gasteiger partial charge in [0.05, 0.1) is 6.20 Å². The van der Waals surface area contributed by atoms with E-state index in [0.29, 0.717) is 6.04 Å². The lowest BCUT2D eigenvalue weighted by Crippen LogP contribution is -2.39. The predicted octanol–water partition coefficient (Wildman–Crippen LogP) is 1.15. The fourth-order valence-corrected chi connectivity index (χ4v) is 1.82. The van der Waals surface area contributed by atoms with E-state index in [-0.39, 0.29) is 24.0 Å². The molecule has 0 saturated heterocycles. The summed E-state index contributed by atoms with van der Waals surface area (Å²) in [5.41, 5.74) is 1.25. The molecule has 1 aromatic heterocycles. The molecule has 2 N–H and O–H groups in total. The number of hydrogen-bond donors (Lipinski definition) is 2. The van der Waals surface area contributed by atoms with Gasteiger partial charge in [0.2, 0.25) is 0 Å². The van der Waals surface area contributed by atoms with E-state index in [2.05, 4.69) is 27.6 Å². The third-order valence-corrected chi connectivity index (χ3v) is 3.12. The smallest absolute Gasteiger partial charge is 0.191 e. The van der Waals surface area contributed by atoms with E-state index in [1.54, 1.807) is 0 Å². The maximum absolute atomic E-state index is 4.21. The Labute approximate surface area is 125 Å². The van der Waals surface area contributed by atoms with Gasteiger partial charge in [0.15, 0.2) is 5.96 Å². The summed E-state index contributed by atoms with van der Waals surface area (Å²) in [6, 6.07) is 0.611. The summed E-state index contributed by atoms with van der Waals surface area (Å²) in [6.07, 6.45) is 6.17. The standard InChI is InChI=1S/C12H21N5.HI/c1-9-6-11(9)16-12(13-2)14-5-4-10-7-15-17(3)8-10;/h7-9,11H,4-6H2,1-3H3,(H2,13,14,16);1H. The molecule has 1 heterocycles. The molecular formula is C12H22IN5. The van der Waals surface area contributed by atoms with Gasteiger partial charge in [-0.1, -0.05) is 6.92 Å². The van der Waals surface area contributed by atoms with Crippen molar-refractivity contribution in [1.82, 2.24) is 20.4 Å². The number of aliphatic imine (C=N–C) groups is 1. The van der Waals surface area contributed by atoms with Crippen LogP contribution in [0.15, 0.2) is 17.4 Å². The highest BCUT2D eigenvalue weighted by Crippen LogP contribution is 2.28. The van der Waals surface area contributed by atoms with E-state index in [0.717, 1.165) is 24.8 Å². The minimum Gasteiger partial charge on any atom is -0.356 e. The average molecular weight is 363 g/mol. The Balaban J connectivity index is 0.00000162. The lowest BCUT2D eigenvalue weighted by Gasteiger charge is -2.10. The van der Waals surface area contributed by atoms with E-state index in [9.17, 15) is 0 Å². The Kier molecular flexibility index (Phi) is 5.90. The zero-order valence-corrected chi connectivity index (χ0v) is 13.5. The normalized spacial score (nSPS) is 22.3. The van der Waals surface area contributed by atoms with Crippen LogP contribution in [-0.4, -0.2) is 35.4 Å². The number of aromatic nitrogens is 2. The molecule has 0 radical (unpaired) electrons. The quantitative estimate of drug-likeness (QED) is 0.480. The van der Waals surface area contributed by atoms with Gasteiger partial charge in [-0.3, -0.25) is 9.67 Å². The highest BCUT2D eigenvalue weighted by Gasteiger charge is 2.33. The minimum absolute atomic E-state index is 0. The molecule has 0 amide bonds. The molecule has 18 heavy (non-hydrogen) atoms. The molecule has 0 spiro atoms. The molecule has 2 rings (SSSR count). The molecule has 1 aliphatic rings. The van der Waals surface area contributed by atoms with Crippen molar-refractivity contribution in [2.45, 2.75) is 25.8 Å². The predicted molar refractivity (Wildman–Crippen MR) is 84.4 cm³/mol. The summed E-state index contributed by atoms with van der Waals surface area (Å²) in [5, 5.41) is 10.9. The fraction of sp³-hybridized carbons (Fsp3) is 0.667. The molecule has 0 aromatic carbocycles. The monoisotopic (exact) mass is 363 g/mol. The number of guanidine groups is 1. The fourth-order valence-electron chi connectivity index (χ4n) is 1.82. The Hall–Kier alpha value is -0.790. The average Bonchev–Trinajstić information content (AvgIpc) is 2.82. The Morgan fingerprint density at radius 3 is 2.83 bits per heavy atom. The van der Waals surface area contributed by atoms with E-state index >= 15 is 0 Å². The molecule has 0 bridgehead atoms. The van der Waals surface area contributed by atoms with Crippen LogP contribution < -0.4 is 10.6 Å². The summed E-state index contributed by atoms with van der Waals surface area (Å²) in [4.78, 5) is 4.21. The van der Waals surface area contributed by atoms with Crippen LogP contribution in [0, 0.1) is 5.92 Å². The van der Waals surface area contributed by atoms with Gasteiger partial charge < -0.3 is 10.6 Å². The van der Waals surface area contributed by atoms with Gasteiger partial charge in [-0.05, 0) is 24.3 Å². The van der Waals surface area contributed by atoms with Crippen LogP contribution in [0.2, 0.25) is 0 Å². The van der Waals surface area contributed by atoms with Crippen molar-refractivity contribution in [2.24, 2.45) is 18.0 Å². The lowest BCUT2D eigenvalue weighted by molar-refractivity contribution is 0.755. The van der Waals surface area contributed by atoms with Crippen LogP contribution >= 0.6 is 24.0 Å². The minimum atomic E-state index is 0. The lowest BCUT2D eigenvalue weighted by atomic mass is 10.2. The molecule has 1 aromatic rings. The first kappa shape index (κ1) is 15.3. The number of aryl methyl sites for hydroxylation is 1. The van der Waals surface area contributed by atoms with Crippen molar-refractivity contribution in [2.75, 3.05) is 13.6 Å². The SMILES string of the molecule is CN=C(NCCc1cnn(C)c1)NC1CC1C.I. The van der Waals surface area contributed by atoms with E-state index in [1.165, 1.54) is 12.0 Å². The van der Waals surface area contributed by atoms with Crippen molar-refractivity contribution >= 4 is 29.9 Å². The number of rotatable bonds is 4. The van der Waals surface area contributed by atoms with Crippen molar-refractivity contribution in [1.29, 1.82) is 0 Å². The summed E-state index contributed by atoms with van der Waals surface area (Å²) in [6.45, 7) is 3.13. The Morgan fingerprint density at radius 2 is 2.33 bits per heavy atom. The molecule has 1 saturated carbocycles. The van der Waals surface area contributed by atoms with Crippen molar-refractivity contribution in [3.8, 4) is 0 Å². The highest BCUT2D eigenvalue weighted by molar-refractivity contribution is 14.0. The second-order valence-corrected chi connectivity index (χ2v) is 4.74. The van der Waals surface area contributed by atoms with Crippen LogP contribution in [0.4, 0.5) is 0 Å². The van der Waals surface area contributed by atoms with Crippen molar-refractivity contribution < 1.29 is 0 Å². The topological polar surface area (TPSA) is 54.2 Å². The van der Waals surface area contributed by atoms with E-state index < -0.39 is 0 Å². The third-order valence-electron chi connectivity index (χ3n) is 3.12. The first-order valence-electron chi connectivity index (χ1n) is 6.13. The summed E-state index contributed by atoms with van der Waals surface area (Å²) >= 11 is 0. The van der Waals surface area contributed by atoms with Gasteiger partial charge in [0, 0.05) is 32.9 Å². The zero-order chi connectivity index (χ0) is 12.3. The van der Waals surface area contributed by atoms with Crippen LogP contribution in [0.3, 0.4) is 0 Å². The second-order valence-electron chi connectivity index (χ2n) is 4.74. The molecule has 6 heteroatoms. The summed E-state index contributed by atoms with van der Waals surface area (Å²) in [7, 11) is 3.75. The van der Waals surface area contributed by atoms with Gasteiger partial charge in [-0.2, -0.15) is 5.10 Å². The van der Waals surface area contributed by atoms with Gasteiger partial charge in [0.25, 0.3) is 0 Å².